The third-order valence-corrected chi connectivity index (χ3v) is 6.43. The third-order valence-electron chi connectivity index (χ3n) is 3.11. The molecule has 2 atom stereocenters. The van der Waals surface area contributed by atoms with Gasteiger partial charge in [-0.3, -0.25) is 4.79 Å². The van der Waals surface area contributed by atoms with Gasteiger partial charge in [0.1, 0.15) is 12.5 Å². The van der Waals surface area contributed by atoms with Crippen molar-refractivity contribution in [2.75, 3.05) is 27.9 Å². The molecule has 0 bridgehead atoms. The maximum atomic E-state index is 12.0. The molecule has 0 N–H and O–H groups in total. The van der Waals surface area contributed by atoms with Crippen molar-refractivity contribution in [3.63, 3.8) is 0 Å². The average Bonchev–Trinajstić information content (AvgIpc) is 2.44. The van der Waals surface area contributed by atoms with Crippen molar-refractivity contribution < 1.29 is 14.1 Å². The van der Waals surface area contributed by atoms with Crippen LogP contribution in [-0.2, 0) is 32.3 Å². The summed E-state index contributed by atoms with van der Waals surface area (Å²) in [6.07, 6.45) is -1.60. The molecule has 0 radical (unpaired) electrons. The molecule has 4 nitrogen and oxygen atoms in total. The Labute approximate surface area is 119 Å². The minimum Gasteiger partial charge on any atom is -0.468 e. The van der Waals surface area contributed by atoms with Gasteiger partial charge in [0.2, 0.25) is 0 Å². The summed E-state index contributed by atoms with van der Waals surface area (Å²) in [7, 11) is 4.78. The zero-order valence-electron chi connectivity index (χ0n) is 11.7. The first-order chi connectivity index (χ1) is 8.92. The van der Waals surface area contributed by atoms with Gasteiger partial charge in [0.15, 0.2) is 0 Å². The number of likely N-dealkylation sites (N-methyl/N-ethyl adjacent to an activating group) is 1. The van der Waals surface area contributed by atoms with Crippen LogP contribution in [0.3, 0.4) is 0 Å². The Morgan fingerprint density at radius 1 is 1.37 bits per heavy atom. The van der Waals surface area contributed by atoms with E-state index in [4.69, 9.17) is 21.1 Å². The maximum Gasteiger partial charge on any atom is 0.323 e. The van der Waals surface area contributed by atoms with Crippen LogP contribution in [-0.4, -0.2) is 44.6 Å². The molecule has 0 saturated carbocycles. The molecule has 0 fully saturated rings. The van der Waals surface area contributed by atoms with Crippen molar-refractivity contribution in [1.29, 1.82) is 0 Å². The molecule has 1 aromatic rings. The zero-order valence-corrected chi connectivity index (χ0v) is 13.4. The Kier molecular flexibility index (Phi) is 6.14. The molecular weight excluding hydrogens is 281 g/mol. The molecule has 0 saturated heterocycles. The summed E-state index contributed by atoms with van der Waals surface area (Å²) in [5, 5.41) is 0. The highest BCUT2D eigenvalue weighted by atomic mass is 32.4. The smallest absolute Gasteiger partial charge is 0.323 e. The summed E-state index contributed by atoms with van der Waals surface area (Å²) in [4.78, 5) is 12.0. The molecule has 6 heteroatoms. The highest BCUT2D eigenvalue weighted by Gasteiger charge is 2.31. The molecule has 1 rings (SSSR count). The Bertz CT molecular complexity index is 466. The van der Waals surface area contributed by atoms with Gasteiger partial charge in [0, 0.05) is 13.8 Å². The topological polar surface area (TPSA) is 38.8 Å². The van der Waals surface area contributed by atoms with Gasteiger partial charge in [0.05, 0.1) is 7.11 Å². The van der Waals surface area contributed by atoms with E-state index in [1.807, 2.05) is 48.7 Å². The zero-order chi connectivity index (χ0) is 14.5. The largest absolute Gasteiger partial charge is 0.468 e. The van der Waals surface area contributed by atoms with Gasteiger partial charge in [-0.1, -0.05) is 42.1 Å². The lowest BCUT2D eigenvalue weighted by molar-refractivity contribution is -0.144. The van der Waals surface area contributed by atoms with Gasteiger partial charge in [-0.2, -0.15) is 0 Å². The molecule has 106 valence electrons. The fourth-order valence-electron chi connectivity index (χ4n) is 1.72. The minimum atomic E-state index is -2.16. The predicted octanol–water partition coefficient (Wildman–Crippen LogP) is 2.29. The Morgan fingerprint density at radius 2 is 1.95 bits per heavy atom. The van der Waals surface area contributed by atoms with Crippen LogP contribution in [0.5, 0.6) is 0 Å². The number of carbonyl (C=O) groups excluding carboxylic acids is 1. The Hall–Kier alpha value is -0.740. The van der Waals surface area contributed by atoms with E-state index in [1.54, 1.807) is 7.11 Å². The Balaban J connectivity index is 2.96. The van der Waals surface area contributed by atoms with Crippen molar-refractivity contribution in [3.05, 3.63) is 35.9 Å². The van der Waals surface area contributed by atoms with E-state index in [0.29, 0.717) is 6.42 Å². The second-order valence-corrected chi connectivity index (χ2v) is 8.92. The molecule has 19 heavy (non-hydrogen) atoms. The van der Waals surface area contributed by atoms with Gasteiger partial charge in [0.25, 0.3) is 0 Å². The first-order valence-corrected chi connectivity index (χ1v) is 9.02. The lowest BCUT2D eigenvalue weighted by Crippen LogP contribution is -2.39. The van der Waals surface area contributed by atoms with E-state index in [1.165, 1.54) is 7.11 Å². The number of carbonyl (C=O) groups is 1. The number of hydrogen-bond acceptors (Lipinski definition) is 4. The minimum absolute atomic E-state index is 0.292. The van der Waals surface area contributed by atoms with Gasteiger partial charge < -0.3 is 9.26 Å². The van der Waals surface area contributed by atoms with Crippen molar-refractivity contribution in [2.45, 2.75) is 12.5 Å². The quantitative estimate of drug-likeness (QED) is 0.595. The first kappa shape index (κ1) is 16.3. The number of benzene rings is 1. The number of ether oxygens (including phenoxy) is 1. The van der Waals surface area contributed by atoms with Crippen LogP contribution < -0.4 is 0 Å². The molecule has 0 aromatic heterocycles. The summed E-state index contributed by atoms with van der Waals surface area (Å²) in [6, 6.07) is 9.37. The second-order valence-electron chi connectivity index (χ2n) is 4.29. The summed E-state index contributed by atoms with van der Waals surface area (Å²) in [6.45, 7) is 1.85. The van der Waals surface area contributed by atoms with Gasteiger partial charge in [-0.05, 0) is 19.0 Å². The fraction of sp³-hybridized carbons (Fsp3) is 0.462. The molecule has 0 spiro atoms. The average molecular weight is 301 g/mol. The van der Waals surface area contributed by atoms with Crippen LogP contribution in [0.15, 0.2) is 30.3 Å². The molecule has 0 aliphatic carbocycles. The highest BCUT2D eigenvalue weighted by molar-refractivity contribution is 8.10. The van der Waals surface area contributed by atoms with E-state index in [-0.39, 0.29) is 5.97 Å². The van der Waals surface area contributed by atoms with E-state index in [9.17, 15) is 4.79 Å². The van der Waals surface area contributed by atoms with Crippen LogP contribution in [0.25, 0.3) is 0 Å². The fourth-order valence-corrected chi connectivity index (χ4v) is 3.00. The number of esters is 1. The molecule has 1 aromatic carbocycles. The molecule has 0 aliphatic rings. The molecule has 0 heterocycles. The van der Waals surface area contributed by atoms with E-state index in [2.05, 4.69) is 0 Å². The molecule has 0 amide bonds. The van der Waals surface area contributed by atoms with E-state index >= 15 is 0 Å². The standard InChI is InChI=1S/C13H20NO3PS/c1-14(18(4,19)17-3)12(13(15)16-2)10-11-8-6-5-7-9-11/h5-9,12H,10H2,1-4H3. The van der Waals surface area contributed by atoms with Crippen molar-refractivity contribution in [1.82, 2.24) is 4.67 Å². The molecule has 0 aliphatic heterocycles. The Morgan fingerprint density at radius 3 is 2.42 bits per heavy atom. The number of hydrogen-bond donors (Lipinski definition) is 0. The van der Waals surface area contributed by atoms with Crippen molar-refractivity contribution >= 4 is 24.2 Å². The number of methoxy groups -OCH3 is 1. The van der Waals surface area contributed by atoms with Crippen LogP contribution in [0.1, 0.15) is 5.56 Å². The van der Waals surface area contributed by atoms with Crippen LogP contribution in [0, 0.1) is 0 Å². The monoisotopic (exact) mass is 301 g/mol. The second kappa shape index (κ2) is 7.15. The van der Waals surface area contributed by atoms with Crippen molar-refractivity contribution in [3.8, 4) is 0 Å². The predicted molar refractivity (Wildman–Crippen MR) is 80.9 cm³/mol. The molecule has 2 unspecified atom stereocenters. The summed E-state index contributed by atoms with van der Waals surface area (Å²) >= 11 is 5.43. The van der Waals surface area contributed by atoms with Gasteiger partial charge in [-0.15, -0.1) is 0 Å². The van der Waals surface area contributed by atoms with Crippen LogP contribution >= 0.6 is 6.42 Å². The van der Waals surface area contributed by atoms with Crippen molar-refractivity contribution in [2.24, 2.45) is 0 Å². The number of rotatable bonds is 6. The lowest BCUT2D eigenvalue weighted by atomic mass is 10.1. The van der Waals surface area contributed by atoms with Crippen LogP contribution in [0.4, 0.5) is 0 Å². The first-order valence-electron chi connectivity index (χ1n) is 5.90. The highest BCUT2D eigenvalue weighted by Crippen LogP contribution is 2.47. The normalized spacial score (nSPS) is 15.8. The summed E-state index contributed by atoms with van der Waals surface area (Å²) in [5.74, 6) is -0.292. The van der Waals surface area contributed by atoms with E-state index in [0.717, 1.165) is 5.56 Å². The molecular formula is C13H20NO3PS. The van der Waals surface area contributed by atoms with Gasteiger partial charge in [-0.25, -0.2) is 4.67 Å². The summed E-state index contributed by atoms with van der Waals surface area (Å²) in [5.41, 5.74) is 1.07. The third kappa shape index (κ3) is 4.39. The van der Waals surface area contributed by atoms with Crippen LogP contribution in [0.2, 0.25) is 0 Å². The summed E-state index contributed by atoms with van der Waals surface area (Å²) < 4.78 is 12.1. The van der Waals surface area contributed by atoms with Gasteiger partial charge >= 0.3 is 5.97 Å². The maximum absolute atomic E-state index is 12.0. The number of nitrogens with zero attached hydrogens (tertiary/aromatic N) is 1. The SMILES string of the molecule is COC(=O)C(Cc1ccccc1)N(C)P(C)(=S)OC. The van der Waals surface area contributed by atoms with E-state index < -0.39 is 12.5 Å². The lowest BCUT2D eigenvalue weighted by Gasteiger charge is -2.32.